The Hall–Kier alpha value is -3.81. The van der Waals surface area contributed by atoms with Crippen molar-refractivity contribution in [3.63, 3.8) is 0 Å². The molecule has 2 heterocycles. The summed E-state index contributed by atoms with van der Waals surface area (Å²) in [5.74, 6) is -0.318. The van der Waals surface area contributed by atoms with Gasteiger partial charge in [-0.25, -0.2) is 14.4 Å². The Morgan fingerprint density at radius 3 is 2.56 bits per heavy atom. The summed E-state index contributed by atoms with van der Waals surface area (Å²) < 4.78 is 15.3. The van der Waals surface area contributed by atoms with Crippen molar-refractivity contribution in [3.8, 4) is 0 Å². The molecule has 1 unspecified atom stereocenters. The van der Waals surface area contributed by atoms with Gasteiger partial charge in [-0.3, -0.25) is 9.59 Å². The Balaban J connectivity index is 1.65. The number of carbonyl (C=O) groups is 2. The van der Waals surface area contributed by atoms with Crippen molar-refractivity contribution in [1.29, 1.82) is 0 Å². The third-order valence-electron chi connectivity index (χ3n) is 5.48. The van der Waals surface area contributed by atoms with E-state index >= 15 is 0 Å². The van der Waals surface area contributed by atoms with Gasteiger partial charge in [-0.05, 0) is 48.7 Å². The third kappa shape index (κ3) is 4.30. The summed E-state index contributed by atoms with van der Waals surface area (Å²) in [5.41, 5.74) is 3.50. The Labute approximate surface area is 185 Å². The summed E-state index contributed by atoms with van der Waals surface area (Å²) in [7, 11) is 1.82. The molecule has 4 rings (SSSR count). The maximum atomic E-state index is 13.5. The minimum absolute atomic E-state index is 0.158. The van der Waals surface area contributed by atoms with Gasteiger partial charge < -0.3 is 9.88 Å². The third-order valence-corrected chi connectivity index (χ3v) is 5.48. The molecule has 0 saturated carbocycles. The van der Waals surface area contributed by atoms with Crippen LogP contribution in [0.15, 0.2) is 60.0 Å². The molecule has 0 radical (unpaired) electrons. The minimum Gasteiger partial charge on any atom is -0.337 e. The average Bonchev–Trinajstić information content (AvgIpc) is 3.20. The van der Waals surface area contributed by atoms with E-state index in [0.29, 0.717) is 17.1 Å². The summed E-state index contributed by atoms with van der Waals surface area (Å²) >= 11 is 0. The quantitative estimate of drug-likeness (QED) is 0.668. The topological polar surface area (TPSA) is 79.6 Å². The number of aryl methyl sites for hydroxylation is 3. The first kappa shape index (κ1) is 21.4. The van der Waals surface area contributed by atoms with Gasteiger partial charge >= 0.3 is 0 Å². The maximum Gasteiger partial charge on any atom is 0.268 e. The maximum absolute atomic E-state index is 13.5. The molecular formula is C24H24FN5O2. The van der Waals surface area contributed by atoms with Gasteiger partial charge in [0.2, 0.25) is 5.91 Å². The smallest absolute Gasteiger partial charge is 0.268 e. The van der Waals surface area contributed by atoms with Crippen LogP contribution in [0.25, 0.3) is 0 Å². The molecule has 0 fully saturated rings. The second kappa shape index (κ2) is 8.74. The number of anilines is 1. The summed E-state index contributed by atoms with van der Waals surface area (Å²) in [6.07, 6.45) is 3.83. The number of nitrogens with one attached hydrogen (secondary N) is 1. The standard InChI is InChI=1S/C24H24FN5O2/c1-15-4-5-16(2)20(14-15)30-21(31)11-10-19(28-30)24(32)27-22(23-26-12-13-29(23)3)17-6-8-18(25)9-7-17/h4-9,12-14,22H,10-11H2,1-3H3,(H,27,32). The van der Waals surface area contributed by atoms with Crippen molar-refractivity contribution in [3.05, 3.63) is 83.2 Å². The van der Waals surface area contributed by atoms with Crippen molar-refractivity contribution in [2.24, 2.45) is 12.1 Å². The first-order valence-corrected chi connectivity index (χ1v) is 10.3. The van der Waals surface area contributed by atoms with Crippen molar-refractivity contribution in [2.75, 3.05) is 5.01 Å². The van der Waals surface area contributed by atoms with E-state index in [2.05, 4.69) is 15.4 Å². The van der Waals surface area contributed by atoms with E-state index in [1.807, 2.05) is 39.1 Å². The molecule has 0 aliphatic carbocycles. The summed E-state index contributed by atoms with van der Waals surface area (Å²) in [6, 6.07) is 11.1. The molecule has 164 valence electrons. The summed E-state index contributed by atoms with van der Waals surface area (Å²) in [5, 5.41) is 8.68. The fourth-order valence-electron chi connectivity index (χ4n) is 3.67. The zero-order valence-electron chi connectivity index (χ0n) is 18.2. The average molecular weight is 433 g/mol. The fraction of sp³-hybridized carbons (Fsp3) is 0.250. The van der Waals surface area contributed by atoms with E-state index in [0.717, 1.165) is 11.1 Å². The molecule has 1 aliphatic heterocycles. The first-order chi connectivity index (χ1) is 15.3. The molecule has 0 saturated heterocycles. The highest BCUT2D eigenvalue weighted by Crippen LogP contribution is 2.26. The molecule has 1 N–H and O–H groups in total. The lowest BCUT2D eigenvalue weighted by Crippen LogP contribution is -2.41. The van der Waals surface area contributed by atoms with Gasteiger partial charge in [-0.2, -0.15) is 5.10 Å². The van der Waals surface area contributed by atoms with E-state index in [1.165, 1.54) is 17.1 Å². The first-order valence-electron chi connectivity index (χ1n) is 10.3. The molecule has 1 aliphatic rings. The van der Waals surface area contributed by atoms with Crippen LogP contribution < -0.4 is 10.3 Å². The number of hydrogen-bond donors (Lipinski definition) is 1. The zero-order chi connectivity index (χ0) is 22.8. The Morgan fingerprint density at radius 2 is 1.88 bits per heavy atom. The molecule has 1 aromatic heterocycles. The molecule has 7 nitrogen and oxygen atoms in total. The molecular weight excluding hydrogens is 409 g/mol. The number of imidazole rings is 1. The summed E-state index contributed by atoms with van der Waals surface area (Å²) in [6.45, 7) is 3.84. The van der Waals surface area contributed by atoms with Gasteiger partial charge in [0.05, 0.1) is 5.69 Å². The van der Waals surface area contributed by atoms with E-state index in [-0.39, 0.29) is 30.3 Å². The number of aromatic nitrogens is 2. The lowest BCUT2D eigenvalue weighted by atomic mass is 10.0. The SMILES string of the molecule is Cc1ccc(C)c(N2N=C(C(=O)NC(c3ccc(F)cc3)c3nccn3C)CCC2=O)c1. The van der Waals surface area contributed by atoms with Crippen LogP contribution in [0.2, 0.25) is 0 Å². The van der Waals surface area contributed by atoms with Crippen LogP contribution in [0.3, 0.4) is 0 Å². The highest BCUT2D eigenvalue weighted by Gasteiger charge is 2.29. The number of carbonyl (C=O) groups excluding carboxylic acids is 2. The van der Waals surface area contributed by atoms with E-state index in [9.17, 15) is 14.0 Å². The van der Waals surface area contributed by atoms with Crippen LogP contribution in [-0.2, 0) is 16.6 Å². The number of rotatable bonds is 5. The summed E-state index contributed by atoms with van der Waals surface area (Å²) in [4.78, 5) is 30.1. The van der Waals surface area contributed by atoms with Gasteiger partial charge in [0.15, 0.2) is 0 Å². The van der Waals surface area contributed by atoms with Crippen LogP contribution in [0.4, 0.5) is 10.1 Å². The highest BCUT2D eigenvalue weighted by molar-refractivity contribution is 6.40. The van der Waals surface area contributed by atoms with Gasteiger partial charge in [-0.1, -0.05) is 24.3 Å². The molecule has 2 aromatic carbocycles. The largest absolute Gasteiger partial charge is 0.337 e. The predicted octanol–water partition coefficient (Wildman–Crippen LogP) is 3.56. The number of nitrogens with zero attached hydrogens (tertiary/aromatic N) is 4. The normalized spacial score (nSPS) is 14.8. The number of benzene rings is 2. The fourth-order valence-corrected chi connectivity index (χ4v) is 3.67. The molecule has 0 bridgehead atoms. The lowest BCUT2D eigenvalue weighted by molar-refractivity contribution is -0.119. The Morgan fingerprint density at radius 1 is 1.12 bits per heavy atom. The van der Waals surface area contributed by atoms with Crippen molar-refractivity contribution in [1.82, 2.24) is 14.9 Å². The van der Waals surface area contributed by atoms with Crippen molar-refractivity contribution < 1.29 is 14.0 Å². The molecule has 3 aromatic rings. The van der Waals surface area contributed by atoms with Crippen LogP contribution in [0.1, 0.15) is 41.4 Å². The Bertz CT molecular complexity index is 1200. The molecule has 1 atom stereocenters. The highest BCUT2D eigenvalue weighted by atomic mass is 19.1. The van der Waals surface area contributed by atoms with Gasteiger partial charge in [-0.15, -0.1) is 0 Å². The number of halogens is 1. The van der Waals surface area contributed by atoms with Crippen LogP contribution in [0.5, 0.6) is 0 Å². The van der Waals surface area contributed by atoms with E-state index in [1.54, 1.807) is 29.1 Å². The minimum atomic E-state index is -0.599. The molecule has 32 heavy (non-hydrogen) atoms. The number of hydrazone groups is 1. The zero-order valence-corrected chi connectivity index (χ0v) is 18.2. The second-order valence-electron chi connectivity index (χ2n) is 7.90. The molecule has 8 heteroatoms. The van der Waals surface area contributed by atoms with Crippen LogP contribution in [-0.4, -0.2) is 27.1 Å². The number of amides is 2. The van der Waals surface area contributed by atoms with Crippen LogP contribution >= 0.6 is 0 Å². The van der Waals surface area contributed by atoms with Crippen molar-refractivity contribution in [2.45, 2.75) is 32.7 Å². The van der Waals surface area contributed by atoms with Gasteiger partial charge in [0, 0.05) is 32.3 Å². The van der Waals surface area contributed by atoms with E-state index in [4.69, 9.17) is 0 Å². The molecule has 2 amide bonds. The van der Waals surface area contributed by atoms with Gasteiger partial charge in [0.1, 0.15) is 23.4 Å². The predicted molar refractivity (Wildman–Crippen MR) is 120 cm³/mol. The monoisotopic (exact) mass is 433 g/mol. The Kier molecular flexibility index (Phi) is 5.85. The second-order valence-corrected chi connectivity index (χ2v) is 7.90. The number of hydrogen-bond acceptors (Lipinski definition) is 4. The molecule has 0 spiro atoms. The van der Waals surface area contributed by atoms with E-state index < -0.39 is 11.9 Å². The van der Waals surface area contributed by atoms with Crippen molar-refractivity contribution >= 4 is 23.2 Å². The van der Waals surface area contributed by atoms with Gasteiger partial charge in [0.25, 0.3) is 5.91 Å². The lowest BCUT2D eigenvalue weighted by Gasteiger charge is -2.26. The van der Waals surface area contributed by atoms with Crippen LogP contribution in [0, 0.1) is 19.7 Å².